The van der Waals surface area contributed by atoms with E-state index in [1.807, 2.05) is 0 Å². The SMILES string of the molecule is CC1c2cc3c(cc2C(C)C1C)-c1cc2c(cc1C3)C(C)(C)CCC2(C)C. The first kappa shape index (κ1) is 17.5. The standard InChI is InChI=1S/C27H34/c1-15-16(2)20-11-18-10-19-12-24-25(27(6,7)9-8-26(24,4)5)14-23(19)22(18)13-21(20)17(15)3/h11-17H,8-10H2,1-7H3. The lowest BCUT2D eigenvalue weighted by Gasteiger charge is -2.42. The molecule has 2 aromatic carbocycles. The molecule has 142 valence electrons. The second kappa shape index (κ2) is 5.28. The molecule has 3 aliphatic carbocycles. The van der Waals surface area contributed by atoms with Crippen LogP contribution < -0.4 is 0 Å². The monoisotopic (exact) mass is 358 g/mol. The third-order valence-electron chi connectivity index (χ3n) is 8.62. The molecule has 0 spiro atoms. The van der Waals surface area contributed by atoms with Gasteiger partial charge in [-0.2, -0.15) is 0 Å². The van der Waals surface area contributed by atoms with Gasteiger partial charge in [0, 0.05) is 0 Å². The third-order valence-corrected chi connectivity index (χ3v) is 8.62. The number of fused-ring (bicyclic) bond motifs is 5. The highest BCUT2D eigenvalue weighted by atomic mass is 14.4. The second-order valence-corrected chi connectivity index (χ2v) is 11.1. The molecule has 0 fully saturated rings. The first-order valence-electron chi connectivity index (χ1n) is 10.9. The topological polar surface area (TPSA) is 0 Å². The fourth-order valence-electron chi connectivity index (χ4n) is 6.13. The number of hydrogen-bond acceptors (Lipinski definition) is 0. The summed E-state index contributed by atoms with van der Waals surface area (Å²) in [5.74, 6) is 2.12. The molecule has 0 saturated heterocycles. The fourth-order valence-corrected chi connectivity index (χ4v) is 6.13. The van der Waals surface area contributed by atoms with Crippen molar-refractivity contribution in [2.75, 3.05) is 0 Å². The Hall–Kier alpha value is -1.56. The Morgan fingerprint density at radius 3 is 1.78 bits per heavy atom. The van der Waals surface area contributed by atoms with Gasteiger partial charge in [-0.3, -0.25) is 0 Å². The lowest BCUT2D eigenvalue weighted by Crippen LogP contribution is -2.34. The van der Waals surface area contributed by atoms with Gasteiger partial charge in [0.2, 0.25) is 0 Å². The Morgan fingerprint density at radius 1 is 0.667 bits per heavy atom. The van der Waals surface area contributed by atoms with E-state index in [1.165, 1.54) is 24.0 Å². The van der Waals surface area contributed by atoms with Crippen molar-refractivity contribution in [2.45, 2.75) is 90.4 Å². The highest BCUT2D eigenvalue weighted by Crippen LogP contribution is 2.53. The maximum absolute atomic E-state index is 2.58. The van der Waals surface area contributed by atoms with E-state index in [2.05, 4.69) is 72.7 Å². The van der Waals surface area contributed by atoms with Crippen LogP contribution >= 0.6 is 0 Å². The zero-order valence-electron chi connectivity index (χ0n) is 18.2. The lowest BCUT2D eigenvalue weighted by atomic mass is 9.62. The van der Waals surface area contributed by atoms with E-state index in [9.17, 15) is 0 Å². The minimum absolute atomic E-state index is 0.287. The molecule has 3 aliphatic rings. The Balaban J connectivity index is 1.71. The van der Waals surface area contributed by atoms with Gasteiger partial charge in [-0.05, 0) is 92.4 Å². The normalized spacial score (nSPS) is 29.1. The molecule has 3 atom stereocenters. The van der Waals surface area contributed by atoms with Gasteiger partial charge in [0.05, 0.1) is 0 Å². The largest absolute Gasteiger partial charge is 0.0614 e. The lowest BCUT2D eigenvalue weighted by molar-refractivity contribution is 0.332. The molecule has 0 amide bonds. The van der Waals surface area contributed by atoms with Gasteiger partial charge in [0.15, 0.2) is 0 Å². The second-order valence-electron chi connectivity index (χ2n) is 11.1. The summed E-state index contributed by atoms with van der Waals surface area (Å²) in [6, 6.07) is 10.3. The van der Waals surface area contributed by atoms with Gasteiger partial charge < -0.3 is 0 Å². The van der Waals surface area contributed by atoms with Crippen molar-refractivity contribution >= 4 is 0 Å². The first-order valence-corrected chi connectivity index (χ1v) is 10.9. The summed E-state index contributed by atoms with van der Waals surface area (Å²) in [5, 5.41) is 0. The minimum atomic E-state index is 0.287. The van der Waals surface area contributed by atoms with Crippen molar-refractivity contribution in [1.29, 1.82) is 0 Å². The van der Waals surface area contributed by atoms with E-state index < -0.39 is 0 Å². The van der Waals surface area contributed by atoms with Crippen molar-refractivity contribution in [3.63, 3.8) is 0 Å². The van der Waals surface area contributed by atoms with Crippen LogP contribution in [0.1, 0.15) is 107 Å². The van der Waals surface area contributed by atoms with Gasteiger partial charge in [0.1, 0.15) is 0 Å². The highest BCUT2D eigenvalue weighted by Gasteiger charge is 2.39. The summed E-state index contributed by atoms with van der Waals surface area (Å²) in [7, 11) is 0. The first-order chi connectivity index (χ1) is 12.6. The van der Waals surface area contributed by atoms with Crippen molar-refractivity contribution in [1.82, 2.24) is 0 Å². The molecule has 0 radical (unpaired) electrons. The summed E-state index contributed by atoms with van der Waals surface area (Å²) in [6.07, 6.45) is 3.70. The van der Waals surface area contributed by atoms with E-state index in [0.717, 1.165) is 12.3 Å². The van der Waals surface area contributed by atoms with E-state index in [-0.39, 0.29) is 5.41 Å². The van der Waals surface area contributed by atoms with Crippen LogP contribution in [-0.4, -0.2) is 0 Å². The Bertz CT molecular complexity index is 956. The van der Waals surface area contributed by atoms with Gasteiger partial charge >= 0.3 is 0 Å². The van der Waals surface area contributed by atoms with Gasteiger partial charge in [-0.15, -0.1) is 0 Å². The molecule has 0 aliphatic heterocycles. The van der Waals surface area contributed by atoms with Crippen LogP contribution in [0, 0.1) is 5.92 Å². The molecule has 5 rings (SSSR count). The maximum Gasteiger partial charge on any atom is -0.00132 e. The number of hydrogen-bond donors (Lipinski definition) is 0. The zero-order valence-corrected chi connectivity index (χ0v) is 18.2. The molecule has 27 heavy (non-hydrogen) atoms. The molecule has 0 aromatic heterocycles. The molecule has 0 saturated carbocycles. The average molecular weight is 359 g/mol. The van der Waals surface area contributed by atoms with Crippen LogP contribution in [-0.2, 0) is 17.3 Å². The zero-order chi connectivity index (χ0) is 19.3. The average Bonchev–Trinajstić information content (AvgIpc) is 3.07. The fraction of sp³-hybridized carbons (Fsp3) is 0.556. The smallest absolute Gasteiger partial charge is 0.00132 e. The molecule has 2 aromatic rings. The molecule has 0 nitrogen and oxygen atoms in total. The summed E-state index contributed by atoms with van der Waals surface area (Å²) in [5.41, 5.74) is 13.2. The van der Waals surface area contributed by atoms with Crippen LogP contribution in [0.15, 0.2) is 24.3 Å². The van der Waals surface area contributed by atoms with E-state index in [0.29, 0.717) is 17.3 Å². The highest BCUT2D eigenvalue weighted by molar-refractivity contribution is 5.80. The maximum atomic E-state index is 2.58. The van der Waals surface area contributed by atoms with E-state index >= 15 is 0 Å². The van der Waals surface area contributed by atoms with Crippen molar-refractivity contribution in [3.05, 3.63) is 57.6 Å². The van der Waals surface area contributed by atoms with Crippen LogP contribution in [0.25, 0.3) is 11.1 Å². The Morgan fingerprint density at radius 2 is 1.15 bits per heavy atom. The van der Waals surface area contributed by atoms with Gasteiger partial charge in [-0.1, -0.05) is 72.7 Å². The number of benzene rings is 2. The van der Waals surface area contributed by atoms with E-state index in [1.54, 1.807) is 33.4 Å². The predicted molar refractivity (Wildman–Crippen MR) is 116 cm³/mol. The van der Waals surface area contributed by atoms with Gasteiger partial charge in [-0.25, -0.2) is 0 Å². The molecule has 0 N–H and O–H groups in total. The summed E-state index contributed by atoms with van der Waals surface area (Å²) >= 11 is 0. The van der Waals surface area contributed by atoms with Crippen molar-refractivity contribution in [2.24, 2.45) is 5.92 Å². The van der Waals surface area contributed by atoms with Crippen molar-refractivity contribution in [3.8, 4) is 11.1 Å². The molecular formula is C27H34. The molecule has 0 heteroatoms. The van der Waals surface area contributed by atoms with Gasteiger partial charge in [0.25, 0.3) is 0 Å². The van der Waals surface area contributed by atoms with E-state index in [4.69, 9.17) is 0 Å². The summed E-state index contributed by atoms with van der Waals surface area (Å²) in [4.78, 5) is 0. The third kappa shape index (κ3) is 2.28. The van der Waals surface area contributed by atoms with Crippen molar-refractivity contribution < 1.29 is 0 Å². The van der Waals surface area contributed by atoms with Crippen LogP contribution in [0.4, 0.5) is 0 Å². The van der Waals surface area contributed by atoms with Crippen LogP contribution in [0.5, 0.6) is 0 Å². The van der Waals surface area contributed by atoms with Crippen LogP contribution in [0.3, 0.4) is 0 Å². The molecular weight excluding hydrogens is 324 g/mol. The molecule has 0 bridgehead atoms. The predicted octanol–water partition coefficient (Wildman–Crippen LogP) is 7.46. The Kier molecular flexibility index (Phi) is 3.43. The summed E-state index contributed by atoms with van der Waals surface area (Å²) in [6.45, 7) is 17.0. The Labute approximate surface area is 165 Å². The number of rotatable bonds is 0. The van der Waals surface area contributed by atoms with Crippen LogP contribution in [0.2, 0.25) is 0 Å². The quantitative estimate of drug-likeness (QED) is 0.391. The molecule has 3 unspecified atom stereocenters. The minimum Gasteiger partial charge on any atom is -0.0614 e. The summed E-state index contributed by atoms with van der Waals surface area (Å²) < 4.78 is 0. The molecule has 0 heterocycles.